The number of nitrogen functional groups attached to an aromatic ring is 1. The molecule has 21 nitrogen and oxygen atoms in total. The van der Waals surface area contributed by atoms with Gasteiger partial charge in [-0.3, -0.25) is 42.5 Å². The normalized spacial score (nSPS) is 17.3. The van der Waals surface area contributed by atoms with Gasteiger partial charge in [0.15, 0.2) is 0 Å². The number of carbonyl (C=O) groups excluding carboxylic acids is 3. The monoisotopic (exact) mass is 1230 g/mol. The third-order valence-corrected chi connectivity index (χ3v) is 15.8. The van der Waals surface area contributed by atoms with Gasteiger partial charge < -0.3 is 32.3 Å². The number of nitrogens with two attached hydrogens (primary N) is 1. The maximum atomic E-state index is 13.1. The lowest BCUT2D eigenvalue weighted by Gasteiger charge is -2.35. The first-order chi connectivity index (χ1) is 36.3. The Kier molecular flexibility index (Phi) is 18.7. The summed E-state index contributed by atoms with van der Waals surface area (Å²) in [6.07, 6.45) is 18.4. The van der Waals surface area contributed by atoms with E-state index in [9.17, 15) is 28.8 Å². The first-order valence-electron chi connectivity index (χ1n) is 25.0. The lowest BCUT2D eigenvalue weighted by atomic mass is 9.89. The molecule has 9 heterocycles. The molecule has 3 amide bonds. The number of fused-ring (bicyclic) bond motifs is 6. The van der Waals surface area contributed by atoms with E-state index >= 15 is 0 Å². The summed E-state index contributed by atoms with van der Waals surface area (Å²) in [7, 11) is 0. The SMILES string of the molecule is Cc1cc(Nc2cc(Cl)c3n(c2=O)C2(CCCCC2)NC3=O)ncn1.Cc1nccc(N)n1.Cc1nccc(Nc2cc(Cl)c3n(c2=O)C2(CCCCC2)NC3=O)n1.Cl.Cl.O=C1NC2(CCCCC2)n2c1c(Cl)cc(Br)c2=O. The van der Waals surface area contributed by atoms with E-state index in [0.717, 1.165) is 102 Å². The maximum absolute atomic E-state index is 13.1. The second-order valence-corrected chi connectivity index (χ2v) is 21.6. The molecule has 3 fully saturated rings. The number of aromatic nitrogens is 9. The highest BCUT2D eigenvalue weighted by atomic mass is 79.9. The lowest BCUT2D eigenvalue weighted by Crippen LogP contribution is -2.48. The summed E-state index contributed by atoms with van der Waals surface area (Å²) in [6.45, 7) is 5.42. The molecular formula is C51H57BrCl5N15O6. The highest BCUT2D eigenvalue weighted by molar-refractivity contribution is 9.10. The Labute approximate surface area is 483 Å². The van der Waals surface area contributed by atoms with E-state index in [0.29, 0.717) is 55.7 Å². The summed E-state index contributed by atoms with van der Waals surface area (Å²) in [4.78, 5) is 99.6. The number of amides is 3. The molecule has 6 aromatic rings. The van der Waals surface area contributed by atoms with Crippen LogP contribution in [0.1, 0.15) is 145 Å². The molecule has 6 aromatic heterocycles. The van der Waals surface area contributed by atoms with Crippen LogP contribution in [-0.4, -0.2) is 61.3 Å². The van der Waals surface area contributed by atoms with E-state index in [1.807, 2.05) is 6.92 Å². The molecule has 3 saturated carbocycles. The predicted octanol–water partition coefficient (Wildman–Crippen LogP) is 9.24. The number of aryl methyl sites for hydroxylation is 3. The molecule has 27 heteroatoms. The third kappa shape index (κ3) is 11.9. The topological polar surface area (TPSA) is 281 Å². The smallest absolute Gasteiger partial charge is 0.276 e. The quantitative estimate of drug-likeness (QED) is 0.0959. The molecule has 78 heavy (non-hydrogen) atoms. The van der Waals surface area contributed by atoms with Gasteiger partial charge in [-0.15, -0.1) is 24.8 Å². The van der Waals surface area contributed by atoms with Crippen molar-refractivity contribution in [2.75, 3.05) is 16.4 Å². The molecule has 0 radical (unpaired) electrons. The summed E-state index contributed by atoms with van der Waals surface area (Å²) in [6, 6.07) is 9.57. The summed E-state index contributed by atoms with van der Waals surface area (Å²) < 4.78 is 5.05. The molecule has 0 saturated heterocycles. The van der Waals surface area contributed by atoms with E-state index in [4.69, 9.17) is 40.5 Å². The minimum absolute atomic E-state index is 0. The Bertz CT molecular complexity index is 3300. The summed E-state index contributed by atoms with van der Waals surface area (Å²) in [5.41, 5.74) is 4.88. The van der Waals surface area contributed by atoms with E-state index in [-0.39, 0.29) is 80.6 Å². The average molecular weight is 1230 g/mol. The Hall–Kier alpha value is -6.17. The van der Waals surface area contributed by atoms with Crippen LogP contribution in [0.4, 0.5) is 28.8 Å². The average Bonchev–Trinajstić information content (AvgIpc) is 3.98. The van der Waals surface area contributed by atoms with Crippen molar-refractivity contribution in [2.45, 2.75) is 134 Å². The summed E-state index contributed by atoms with van der Waals surface area (Å²) in [5.74, 6) is 2.04. The van der Waals surface area contributed by atoms with Crippen molar-refractivity contribution in [3.8, 4) is 0 Å². The van der Waals surface area contributed by atoms with Gasteiger partial charge >= 0.3 is 0 Å². The van der Waals surface area contributed by atoms with Crippen molar-refractivity contribution in [1.82, 2.24) is 59.6 Å². The van der Waals surface area contributed by atoms with Crippen LogP contribution in [0, 0.1) is 20.8 Å². The van der Waals surface area contributed by atoms with Crippen molar-refractivity contribution in [1.29, 1.82) is 0 Å². The van der Waals surface area contributed by atoms with Gasteiger partial charge in [0.25, 0.3) is 34.4 Å². The Morgan fingerprint density at radius 2 is 0.923 bits per heavy atom. The highest BCUT2D eigenvalue weighted by Gasteiger charge is 2.48. The second-order valence-electron chi connectivity index (χ2n) is 19.6. The van der Waals surface area contributed by atoms with Gasteiger partial charge in [0.05, 0.1) is 19.5 Å². The number of hydrogen-bond donors (Lipinski definition) is 6. The molecule has 0 unspecified atom stereocenters. The van der Waals surface area contributed by atoms with Gasteiger partial charge in [-0.05, 0) is 144 Å². The van der Waals surface area contributed by atoms with Crippen molar-refractivity contribution in [3.05, 3.63) is 140 Å². The van der Waals surface area contributed by atoms with E-state index in [2.05, 4.69) is 72.4 Å². The molecule has 12 rings (SSSR count). The number of carbonyl (C=O) groups is 3. The molecule has 3 aliphatic carbocycles. The highest BCUT2D eigenvalue weighted by Crippen LogP contribution is 2.41. The standard InChI is InChI=1S/2C17H18ClN5O2.C12H12BrClN2O2.C5H7N3.2ClH/c1-10-19-8-5-13(20-10)21-12-9-11(18)14-15(24)22-17(23(14)16(12)25)6-3-2-4-7-17;1-10-7-13(20-9-19-10)21-12-8-11(18)14-15(24)22-17(23(14)16(12)25)5-3-2-4-6-17;13-7-6-8(14)9-10(17)15-12(16(9)11(7)18)4-2-1-3-5-12;1-4-7-3-2-5(6)8-4;;/h5,8-9H,2-4,6-7H2,1H3,(H,22,24)(H,19,20,21);7-9H,2-6H2,1H3,(H,22,24)(H,19,20,21);6H,1-5H2,(H,15,17);2-3H,1H3,(H2,6,7,8);2*1H. The minimum Gasteiger partial charge on any atom is -0.384 e. The molecular weight excluding hydrogens is 1180 g/mol. The largest absolute Gasteiger partial charge is 0.384 e. The van der Waals surface area contributed by atoms with Crippen molar-refractivity contribution >= 4 is 122 Å². The second kappa shape index (κ2) is 24.5. The molecule has 414 valence electrons. The Balaban J connectivity index is 0.000000158. The van der Waals surface area contributed by atoms with Gasteiger partial charge in [-0.2, -0.15) is 0 Å². The van der Waals surface area contributed by atoms with Gasteiger partial charge in [-0.25, -0.2) is 29.9 Å². The molecule has 7 N–H and O–H groups in total. The zero-order chi connectivity index (χ0) is 54.1. The molecule has 0 aromatic carbocycles. The fourth-order valence-corrected chi connectivity index (χ4v) is 12.4. The zero-order valence-electron chi connectivity index (χ0n) is 42.7. The lowest BCUT2D eigenvalue weighted by molar-refractivity contribution is 0.0867. The zero-order valence-corrected chi connectivity index (χ0v) is 48.2. The number of anilines is 5. The van der Waals surface area contributed by atoms with Crippen molar-refractivity contribution < 1.29 is 14.4 Å². The first kappa shape index (κ1) is 59.5. The third-order valence-electron chi connectivity index (χ3n) is 14.3. The van der Waals surface area contributed by atoms with E-state index < -0.39 is 17.0 Å². The number of halogens is 6. The number of pyridine rings is 3. The van der Waals surface area contributed by atoms with Crippen LogP contribution < -0.4 is 49.0 Å². The molecule has 6 aliphatic rings. The number of nitrogens with one attached hydrogen (secondary N) is 5. The van der Waals surface area contributed by atoms with E-state index in [1.54, 1.807) is 58.1 Å². The van der Waals surface area contributed by atoms with Crippen LogP contribution in [0.3, 0.4) is 0 Å². The fourth-order valence-electron chi connectivity index (χ4n) is 11.0. The Morgan fingerprint density at radius 1 is 0.526 bits per heavy atom. The minimum atomic E-state index is -0.662. The van der Waals surface area contributed by atoms with Crippen LogP contribution in [0.15, 0.2) is 74.0 Å². The van der Waals surface area contributed by atoms with Crippen LogP contribution >= 0.6 is 75.5 Å². The van der Waals surface area contributed by atoms with Crippen LogP contribution in [0.2, 0.25) is 15.1 Å². The number of hydrogen-bond acceptors (Lipinski definition) is 15. The molecule has 3 aliphatic heterocycles. The van der Waals surface area contributed by atoms with Crippen molar-refractivity contribution in [3.63, 3.8) is 0 Å². The maximum Gasteiger partial charge on any atom is 0.276 e. The molecule has 0 atom stereocenters. The summed E-state index contributed by atoms with van der Waals surface area (Å²) >= 11 is 22.0. The molecule has 3 spiro atoms. The first-order valence-corrected chi connectivity index (χ1v) is 27.0. The van der Waals surface area contributed by atoms with Gasteiger partial charge in [-0.1, -0.05) is 54.1 Å². The van der Waals surface area contributed by atoms with Gasteiger partial charge in [0.2, 0.25) is 0 Å². The van der Waals surface area contributed by atoms with Crippen LogP contribution in [-0.2, 0) is 17.0 Å². The predicted molar refractivity (Wildman–Crippen MR) is 306 cm³/mol. The number of nitrogens with zero attached hydrogens (tertiary/aromatic N) is 9. The fraction of sp³-hybridized carbons (Fsp3) is 0.412. The Morgan fingerprint density at radius 3 is 1.32 bits per heavy atom. The van der Waals surface area contributed by atoms with E-state index in [1.165, 1.54) is 24.5 Å². The van der Waals surface area contributed by atoms with Crippen LogP contribution in [0.5, 0.6) is 0 Å². The summed E-state index contributed by atoms with van der Waals surface area (Å²) in [5, 5.41) is 15.8. The van der Waals surface area contributed by atoms with Gasteiger partial charge in [0.1, 0.15) is 80.9 Å². The molecule has 0 bridgehead atoms. The number of rotatable bonds is 4. The van der Waals surface area contributed by atoms with Crippen LogP contribution in [0.25, 0.3) is 0 Å². The van der Waals surface area contributed by atoms with Gasteiger partial charge in [0, 0.05) is 24.2 Å². The van der Waals surface area contributed by atoms with Crippen molar-refractivity contribution in [2.24, 2.45) is 0 Å².